The van der Waals surface area contributed by atoms with E-state index in [9.17, 15) is 4.79 Å². The van der Waals surface area contributed by atoms with E-state index >= 15 is 0 Å². The summed E-state index contributed by atoms with van der Waals surface area (Å²) in [5, 5.41) is 9.50. The Bertz CT molecular complexity index is 425. The Labute approximate surface area is 108 Å². The van der Waals surface area contributed by atoms with E-state index in [1.807, 2.05) is 19.1 Å². The highest BCUT2D eigenvalue weighted by molar-refractivity contribution is 5.96. The van der Waals surface area contributed by atoms with Crippen LogP contribution in [0.2, 0.25) is 0 Å². The summed E-state index contributed by atoms with van der Waals surface area (Å²) in [6.07, 6.45) is 0.924. The predicted octanol–water partition coefficient (Wildman–Crippen LogP) is 1.06. The number of hydrogen-bond donors (Lipinski definition) is 3. The topological polar surface area (TPSA) is 53.2 Å². The van der Waals surface area contributed by atoms with Crippen molar-refractivity contribution in [2.75, 3.05) is 25.0 Å². The lowest BCUT2D eigenvalue weighted by Crippen LogP contribution is -2.54. The van der Waals surface area contributed by atoms with Crippen LogP contribution in [0.3, 0.4) is 0 Å². The molecule has 0 spiro atoms. The van der Waals surface area contributed by atoms with Gasteiger partial charge in [0, 0.05) is 25.3 Å². The average molecular weight is 247 g/mol. The number of carbonyl (C=O) groups is 1. The van der Waals surface area contributed by atoms with Gasteiger partial charge in [-0.1, -0.05) is 25.1 Å². The number of hydrogen-bond acceptors (Lipinski definition) is 3. The van der Waals surface area contributed by atoms with Crippen LogP contribution in [0.15, 0.2) is 18.2 Å². The molecule has 18 heavy (non-hydrogen) atoms. The largest absolute Gasteiger partial charge is 0.324 e. The Morgan fingerprint density at radius 2 is 2.28 bits per heavy atom. The van der Waals surface area contributed by atoms with Gasteiger partial charge in [-0.25, -0.2) is 0 Å². The molecule has 1 fully saturated rings. The molecule has 0 aromatic heterocycles. The zero-order valence-electron chi connectivity index (χ0n) is 11.0. The van der Waals surface area contributed by atoms with Crippen molar-refractivity contribution < 1.29 is 4.79 Å². The van der Waals surface area contributed by atoms with Crippen molar-refractivity contribution in [3.63, 3.8) is 0 Å². The number of aryl methyl sites for hydroxylation is 2. The molecule has 1 saturated heterocycles. The molecule has 1 aliphatic heterocycles. The summed E-state index contributed by atoms with van der Waals surface area (Å²) in [6.45, 7) is 6.59. The molecule has 4 heteroatoms. The van der Waals surface area contributed by atoms with Crippen LogP contribution >= 0.6 is 0 Å². The van der Waals surface area contributed by atoms with Gasteiger partial charge in [-0.3, -0.25) is 4.79 Å². The second-order valence-corrected chi connectivity index (χ2v) is 4.66. The predicted molar refractivity (Wildman–Crippen MR) is 73.8 cm³/mol. The Morgan fingerprint density at radius 3 is 2.94 bits per heavy atom. The van der Waals surface area contributed by atoms with Crippen molar-refractivity contribution in [2.24, 2.45) is 0 Å². The van der Waals surface area contributed by atoms with Crippen LogP contribution in [0.25, 0.3) is 0 Å². The second kappa shape index (κ2) is 5.98. The molecule has 98 valence electrons. The fourth-order valence-corrected chi connectivity index (χ4v) is 2.25. The third kappa shape index (κ3) is 2.89. The number of amides is 1. The lowest BCUT2D eigenvalue weighted by atomic mass is 10.1. The molecule has 1 heterocycles. The van der Waals surface area contributed by atoms with Gasteiger partial charge < -0.3 is 16.0 Å². The number of rotatable bonds is 3. The van der Waals surface area contributed by atoms with Crippen molar-refractivity contribution in [1.82, 2.24) is 10.6 Å². The fourth-order valence-electron chi connectivity index (χ4n) is 2.25. The van der Waals surface area contributed by atoms with Crippen LogP contribution in [-0.2, 0) is 11.2 Å². The second-order valence-electron chi connectivity index (χ2n) is 4.66. The maximum atomic E-state index is 12.2. The fraction of sp³-hybridized carbons (Fsp3) is 0.500. The Morgan fingerprint density at radius 1 is 1.44 bits per heavy atom. The molecule has 1 atom stereocenters. The van der Waals surface area contributed by atoms with E-state index in [-0.39, 0.29) is 11.9 Å². The minimum Gasteiger partial charge on any atom is -0.324 e. The summed E-state index contributed by atoms with van der Waals surface area (Å²) >= 11 is 0. The van der Waals surface area contributed by atoms with E-state index < -0.39 is 0 Å². The van der Waals surface area contributed by atoms with Gasteiger partial charge in [0.1, 0.15) is 0 Å². The highest BCUT2D eigenvalue weighted by atomic mass is 16.2. The molecule has 0 radical (unpaired) electrons. The van der Waals surface area contributed by atoms with Crippen molar-refractivity contribution >= 4 is 11.6 Å². The first-order valence-corrected chi connectivity index (χ1v) is 6.56. The molecule has 0 bridgehead atoms. The zero-order chi connectivity index (χ0) is 13.0. The maximum Gasteiger partial charge on any atom is 0.242 e. The van der Waals surface area contributed by atoms with E-state index in [1.54, 1.807) is 0 Å². The van der Waals surface area contributed by atoms with E-state index in [0.29, 0.717) is 6.54 Å². The summed E-state index contributed by atoms with van der Waals surface area (Å²) in [4.78, 5) is 12.2. The van der Waals surface area contributed by atoms with Gasteiger partial charge >= 0.3 is 0 Å². The molecule has 1 unspecified atom stereocenters. The Kier molecular flexibility index (Phi) is 4.33. The third-order valence-corrected chi connectivity index (χ3v) is 3.35. The van der Waals surface area contributed by atoms with E-state index in [2.05, 4.69) is 28.9 Å². The van der Waals surface area contributed by atoms with Crippen LogP contribution in [0.1, 0.15) is 18.1 Å². The van der Waals surface area contributed by atoms with Crippen molar-refractivity contribution in [1.29, 1.82) is 0 Å². The van der Waals surface area contributed by atoms with Gasteiger partial charge in [0.05, 0.1) is 6.04 Å². The Hall–Kier alpha value is -1.39. The lowest BCUT2D eigenvalue weighted by Gasteiger charge is -2.24. The van der Waals surface area contributed by atoms with Crippen LogP contribution in [0.5, 0.6) is 0 Å². The molecule has 3 N–H and O–H groups in total. The molecule has 0 aliphatic carbocycles. The quantitative estimate of drug-likeness (QED) is 0.748. The van der Waals surface area contributed by atoms with Gasteiger partial charge in [0.15, 0.2) is 0 Å². The minimum absolute atomic E-state index is 0.0474. The minimum atomic E-state index is -0.136. The first-order valence-electron chi connectivity index (χ1n) is 6.56. The molecule has 1 amide bonds. The third-order valence-electron chi connectivity index (χ3n) is 3.35. The Balaban J connectivity index is 2.10. The summed E-state index contributed by atoms with van der Waals surface area (Å²) < 4.78 is 0. The molecular weight excluding hydrogens is 226 g/mol. The average Bonchev–Trinajstić information content (AvgIpc) is 2.42. The molecule has 4 nitrogen and oxygen atoms in total. The summed E-state index contributed by atoms with van der Waals surface area (Å²) in [7, 11) is 0. The molecule has 1 aromatic carbocycles. The lowest BCUT2D eigenvalue weighted by molar-refractivity contribution is -0.118. The van der Waals surface area contributed by atoms with Crippen LogP contribution in [-0.4, -0.2) is 31.6 Å². The summed E-state index contributed by atoms with van der Waals surface area (Å²) in [6, 6.07) is 5.99. The first kappa shape index (κ1) is 13.1. The number of piperazine rings is 1. The number of nitrogens with one attached hydrogen (secondary N) is 3. The first-order chi connectivity index (χ1) is 8.72. The zero-order valence-corrected chi connectivity index (χ0v) is 11.0. The van der Waals surface area contributed by atoms with E-state index in [1.165, 1.54) is 5.56 Å². The van der Waals surface area contributed by atoms with Gasteiger partial charge in [-0.15, -0.1) is 0 Å². The van der Waals surface area contributed by atoms with Crippen molar-refractivity contribution in [3.8, 4) is 0 Å². The number of carbonyl (C=O) groups excluding carboxylic acids is 1. The van der Waals surface area contributed by atoms with Crippen molar-refractivity contribution in [3.05, 3.63) is 29.3 Å². The summed E-state index contributed by atoms with van der Waals surface area (Å²) in [5.41, 5.74) is 3.27. The number of para-hydroxylation sites is 1. The van der Waals surface area contributed by atoms with Gasteiger partial charge in [-0.2, -0.15) is 0 Å². The monoisotopic (exact) mass is 247 g/mol. The highest BCUT2D eigenvalue weighted by Crippen LogP contribution is 2.21. The maximum absolute atomic E-state index is 12.2. The van der Waals surface area contributed by atoms with Gasteiger partial charge in [0.25, 0.3) is 0 Å². The van der Waals surface area contributed by atoms with Gasteiger partial charge in [-0.05, 0) is 24.5 Å². The molecule has 1 aliphatic rings. The van der Waals surface area contributed by atoms with Gasteiger partial charge in [0.2, 0.25) is 5.91 Å². The SMILES string of the molecule is CCc1cccc(C)c1NC(=O)C1CNCCN1. The number of benzene rings is 1. The smallest absolute Gasteiger partial charge is 0.242 e. The van der Waals surface area contributed by atoms with E-state index in [4.69, 9.17) is 0 Å². The van der Waals surface area contributed by atoms with Crippen LogP contribution < -0.4 is 16.0 Å². The van der Waals surface area contributed by atoms with Crippen LogP contribution in [0, 0.1) is 6.92 Å². The highest BCUT2D eigenvalue weighted by Gasteiger charge is 2.21. The van der Waals surface area contributed by atoms with E-state index in [0.717, 1.165) is 30.8 Å². The normalized spacial score (nSPS) is 19.6. The molecule has 1 aromatic rings. The number of anilines is 1. The van der Waals surface area contributed by atoms with Crippen LogP contribution in [0.4, 0.5) is 5.69 Å². The molecule has 0 saturated carbocycles. The summed E-state index contributed by atoms with van der Waals surface area (Å²) in [5.74, 6) is 0.0474. The molecular formula is C14H21N3O. The standard InChI is InChI=1S/C14H21N3O/c1-3-11-6-4-5-10(2)13(11)17-14(18)12-9-15-7-8-16-12/h4-6,12,15-16H,3,7-9H2,1-2H3,(H,17,18). The van der Waals surface area contributed by atoms with Crippen molar-refractivity contribution in [2.45, 2.75) is 26.3 Å². The molecule has 2 rings (SSSR count).